The number of hydrogen-bond donors (Lipinski definition) is 1. The molecule has 10 heteroatoms. The third-order valence-electron chi connectivity index (χ3n) is 5.21. The van der Waals surface area contributed by atoms with E-state index in [4.69, 9.17) is 14.2 Å². The van der Waals surface area contributed by atoms with E-state index in [1.165, 1.54) is 12.1 Å². The first kappa shape index (κ1) is 23.7. The number of nitrogens with one attached hydrogen (secondary N) is 1. The van der Waals surface area contributed by atoms with E-state index in [2.05, 4.69) is 5.32 Å². The number of nitro groups is 1. The molecule has 10 nitrogen and oxygen atoms in total. The molecule has 0 unspecified atom stereocenters. The largest absolute Gasteiger partial charge is 0.457 e. The lowest BCUT2D eigenvalue weighted by atomic mass is 10.1. The number of carbonyl (C=O) groups excluding carboxylic acids is 2. The number of para-hydroxylation sites is 1. The summed E-state index contributed by atoms with van der Waals surface area (Å²) in [4.78, 5) is 37.6. The number of nitrogens with zero attached hydrogens (tertiary/aromatic N) is 2. The number of anilines is 2. The van der Waals surface area contributed by atoms with Crippen molar-refractivity contribution in [1.82, 2.24) is 0 Å². The SMILES string of the molecule is O=C(COC(=O)c1cc([N+](=O)[O-])ccc1N1CCOCC1)Nc1ccc(Oc2ccccc2)cc1. The van der Waals surface area contributed by atoms with Crippen molar-refractivity contribution >= 4 is 28.9 Å². The number of hydrogen-bond acceptors (Lipinski definition) is 8. The molecule has 0 saturated carbocycles. The van der Waals surface area contributed by atoms with Gasteiger partial charge in [-0.05, 0) is 42.5 Å². The van der Waals surface area contributed by atoms with Crippen molar-refractivity contribution in [1.29, 1.82) is 0 Å². The first-order chi connectivity index (χ1) is 17.0. The number of carbonyl (C=O) groups is 2. The normalized spacial score (nSPS) is 13.1. The Morgan fingerprint density at radius 1 is 0.971 bits per heavy atom. The Morgan fingerprint density at radius 2 is 1.66 bits per heavy atom. The maximum Gasteiger partial charge on any atom is 0.341 e. The molecule has 4 rings (SSSR count). The minimum Gasteiger partial charge on any atom is -0.457 e. The zero-order chi connectivity index (χ0) is 24.6. The van der Waals surface area contributed by atoms with Crippen LogP contribution >= 0.6 is 0 Å². The molecule has 3 aromatic rings. The fourth-order valence-corrected chi connectivity index (χ4v) is 3.52. The minimum atomic E-state index is -0.822. The molecule has 1 heterocycles. The number of nitro benzene ring substituents is 1. The summed E-state index contributed by atoms with van der Waals surface area (Å²) < 4.78 is 16.2. The number of non-ortho nitro benzene ring substituents is 1. The van der Waals surface area contributed by atoms with Gasteiger partial charge in [0.15, 0.2) is 6.61 Å². The lowest BCUT2D eigenvalue weighted by Crippen LogP contribution is -2.37. The number of esters is 1. The van der Waals surface area contributed by atoms with E-state index in [1.807, 2.05) is 35.2 Å². The van der Waals surface area contributed by atoms with Crippen molar-refractivity contribution in [3.05, 3.63) is 88.5 Å². The van der Waals surface area contributed by atoms with Gasteiger partial charge in [-0.3, -0.25) is 14.9 Å². The van der Waals surface area contributed by atoms with Crippen molar-refractivity contribution in [3.63, 3.8) is 0 Å². The fraction of sp³-hybridized carbons (Fsp3) is 0.200. The molecule has 1 N–H and O–H groups in total. The predicted octanol–water partition coefficient (Wildman–Crippen LogP) is 4.02. The summed E-state index contributed by atoms with van der Waals surface area (Å²) in [7, 11) is 0. The molecule has 0 aliphatic carbocycles. The Balaban J connectivity index is 1.36. The van der Waals surface area contributed by atoms with Crippen molar-refractivity contribution in [3.8, 4) is 11.5 Å². The van der Waals surface area contributed by atoms with Gasteiger partial charge in [-0.25, -0.2) is 4.79 Å². The number of morpholine rings is 1. The number of benzene rings is 3. The van der Waals surface area contributed by atoms with Crippen LogP contribution in [0.1, 0.15) is 10.4 Å². The van der Waals surface area contributed by atoms with Gasteiger partial charge in [-0.15, -0.1) is 0 Å². The maximum absolute atomic E-state index is 12.8. The minimum absolute atomic E-state index is 0.0244. The van der Waals surface area contributed by atoms with Gasteiger partial charge in [0.1, 0.15) is 11.5 Å². The van der Waals surface area contributed by atoms with Gasteiger partial charge >= 0.3 is 5.97 Å². The topological polar surface area (TPSA) is 120 Å². The van der Waals surface area contributed by atoms with Crippen LogP contribution in [0.4, 0.5) is 17.1 Å². The van der Waals surface area contributed by atoms with Crippen LogP contribution in [0.3, 0.4) is 0 Å². The van der Waals surface area contributed by atoms with Crippen LogP contribution in [0, 0.1) is 10.1 Å². The van der Waals surface area contributed by atoms with Crippen LogP contribution in [0.15, 0.2) is 72.8 Å². The quantitative estimate of drug-likeness (QED) is 0.293. The van der Waals surface area contributed by atoms with Gasteiger partial charge in [0.05, 0.1) is 29.4 Å². The van der Waals surface area contributed by atoms with Crippen LogP contribution in [0.25, 0.3) is 0 Å². The lowest BCUT2D eigenvalue weighted by molar-refractivity contribution is -0.384. The highest BCUT2D eigenvalue weighted by atomic mass is 16.6. The number of ether oxygens (including phenoxy) is 3. The summed E-state index contributed by atoms with van der Waals surface area (Å²) >= 11 is 0. The molecule has 1 saturated heterocycles. The Hall–Kier alpha value is -4.44. The zero-order valence-electron chi connectivity index (χ0n) is 18.7. The fourth-order valence-electron chi connectivity index (χ4n) is 3.52. The second-order valence-electron chi connectivity index (χ2n) is 7.62. The second-order valence-corrected chi connectivity index (χ2v) is 7.62. The van der Waals surface area contributed by atoms with Crippen LogP contribution in [-0.4, -0.2) is 49.7 Å². The molecule has 35 heavy (non-hydrogen) atoms. The number of rotatable bonds is 8. The molecule has 1 aliphatic heterocycles. The van der Waals surface area contributed by atoms with Gasteiger partial charge in [-0.1, -0.05) is 18.2 Å². The maximum atomic E-state index is 12.8. The van der Waals surface area contributed by atoms with Crippen LogP contribution in [-0.2, 0) is 14.3 Å². The Kier molecular flexibility index (Phi) is 7.53. The monoisotopic (exact) mass is 477 g/mol. The van der Waals surface area contributed by atoms with Gasteiger partial charge < -0.3 is 24.4 Å². The summed E-state index contributed by atoms with van der Waals surface area (Å²) in [6.45, 7) is 1.46. The van der Waals surface area contributed by atoms with E-state index in [0.717, 1.165) is 6.07 Å². The molecule has 0 bridgehead atoms. The van der Waals surface area contributed by atoms with Crippen molar-refractivity contribution in [2.24, 2.45) is 0 Å². The zero-order valence-corrected chi connectivity index (χ0v) is 18.7. The molecule has 1 aliphatic rings. The summed E-state index contributed by atoms with van der Waals surface area (Å²) in [5.41, 5.74) is 0.779. The van der Waals surface area contributed by atoms with Gasteiger partial charge in [0.25, 0.3) is 11.6 Å². The molecule has 0 radical (unpaired) electrons. The third kappa shape index (κ3) is 6.33. The summed E-state index contributed by atoms with van der Waals surface area (Å²) in [6.07, 6.45) is 0. The van der Waals surface area contributed by atoms with Gasteiger partial charge in [-0.2, -0.15) is 0 Å². The molecule has 180 valence electrons. The highest BCUT2D eigenvalue weighted by Gasteiger charge is 2.23. The summed E-state index contributed by atoms with van der Waals surface area (Å²) in [5, 5.41) is 13.8. The molecule has 1 amide bonds. The summed E-state index contributed by atoms with van der Waals surface area (Å²) in [5.74, 6) is -0.0823. The van der Waals surface area contributed by atoms with Crippen LogP contribution in [0.5, 0.6) is 11.5 Å². The van der Waals surface area contributed by atoms with E-state index in [0.29, 0.717) is 49.2 Å². The van der Waals surface area contributed by atoms with Crippen molar-refractivity contribution in [2.45, 2.75) is 0 Å². The highest BCUT2D eigenvalue weighted by molar-refractivity contribution is 5.99. The van der Waals surface area contributed by atoms with E-state index in [-0.39, 0.29) is 11.3 Å². The van der Waals surface area contributed by atoms with E-state index in [1.54, 1.807) is 24.3 Å². The highest BCUT2D eigenvalue weighted by Crippen LogP contribution is 2.27. The Labute approximate surface area is 201 Å². The average molecular weight is 477 g/mol. The molecule has 1 fully saturated rings. The third-order valence-corrected chi connectivity index (χ3v) is 5.21. The van der Waals surface area contributed by atoms with E-state index < -0.39 is 23.4 Å². The predicted molar refractivity (Wildman–Crippen MR) is 128 cm³/mol. The second kappa shape index (κ2) is 11.1. The average Bonchev–Trinajstić information content (AvgIpc) is 2.89. The van der Waals surface area contributed by atoms with Crippen molar-refractivity contribution in [2.75, 3.05) is 43.1 Å². The van der Waals surface area contributed by atoms with Crippen LogP contribution in [0.2, 0.25) is 0 Å². The molecular weight excluding hydrogens is 454 g/mol. The van der Waals surface area contributed by atoms with Crippen LogP contribution < -0.4 is 15.0 Å². The molecule has 0 spiro atoms. The Morgan fingerprint density at radius 3 is 2.34 bits per heavy atom. The standard InChI is InChI=1S/C25H23N3O7/c29-24(26-18-6-9-21(10-7-18)35-20-4-2-1-3-5-20)17-34-25(30)22-16-19(28(31)32)8-11-23(22)27-12-14-33-15-13-27/h1-11,16H,12-15,17H2,(H,26,29). The smallest absolute Gasteiger partial charge is 0.341 e. The Bertz CT molecular complexity index is 1190. The van der Waals surface area contributed by atoms with E-state index >= 15 is 0 Å². The van der Waals surface area contributed by atoms with Crippen molar-refractivity contribution < 1.29 is 28.7 Å². The van der Waals surface area contributed by atoms with Gasteiger partial charge in [0, 0.05) is 30.9 Å². The summed E-state index contributed by atoms with van der Waals surface area (Å²) in [6, 6.07) is 20.0. The molecule has 3 aromatic carbocycles. The number of amides is 1. The van der Waals surface area contributed by atoms with E-state index in [9.17, 15) is 19.7 Å². The van der Waals surface area contributed by atoms with Gasteiger partial charge in [0.2, 0.25) is 0 Å². The first-order valence-electron chi connectivity index (χ1n) is 10.9. The first-order valence-corrected chi connectivity index (χ1v) is 10.9. The molecular formula is C25H23N3O7. The molecule has 0 aromatic heterocycles. The molecule has 0 atom stereocenters. The lowest BCUT2D eigenvalue weighted by Gasteiger charge is -2.30.